The first-order valence-electron chi connectivity index (χ1n) is 12.3. The molecule has 11 nitrogen and oxygen atoms in total. The Morgan fingerprint density at radius 2 is 1.79 bits per heavy atom. The van der Waals surface area contributed by atoms with Crippen LogP contribution in [0.2, 0.25) is 0 Å². The van der Waals surface area contributed by atoms with Gasteiger partial charge in [0.25, 0.3) is 5.91 Å². The van der Waals surface area contributed by atoms with Crippen LogP contribution in [0, 0.1) is 32.5 Å². The maximum atomic E-state index is 13.5. The highest BCUT2D eigenvalue weighted by atomic mass is 19.1. The van der Waals surface area contributed by atoms with Crippen LogP contribution in [0.25, 0.3) is 17.1 Å². The molecule has 0 bridgehead atoms. The van der Waals surface area contributed by atoms with E-state index in [0.29, 0.717) is 34.5 Å². The molecule has 12 heteroatoms. The van der Waals surface area contributed by atoms with E-state index in [9.17, 15) is 14.0 Å². The predicted molar refractivity (Wildman–Crippen MR) is 138 cm³/mol. The van der Waals surface area contributed by atoms with Gasteiger partial charge in [0.1, 0.15) is 23.8 Å². The van der Waals surface area contributed by atoms with Crippen molar-refractivity contribution in [2.75, 3.05) is 5.32 Å². The van der Waals surface area contributed by atoms with Gasteiger partial charge in [0, 0.05) is 30.7 Å². The number of carbonyl (C=O) groups excluding carboxylic acids is 2. The van der Waals surface area contributed by atoms with Gasteiger partial charge in [-0.1, -0.05) is 0 Å². The summed E-state index contributed by atoms with van der Waals surface area (Å²) in [6.07, 6.45) is 3.75. The monoisotopic (exact) mass is 517 g/mol. The maximum Gasteiger partial charge on any atom is 0.273 e. The zero-order valence-electron chi connectivity index (χ0n) is 21.5. The number of anilines is 2. The van der Waals surface area contributed by atoms with Crippen molar-refractivity contribution in [3.63, 3.8) is 0 Å². The molecule has 4 aromatic rings. The summed E-state index contributed by atoms with van der Waals surface area (Å²) >= 11 is 0. The number of hydrogen-bond acceptors (Lipinski definition) is 7. The molecule has 5 rings (SSSR count). The molecule has 1 aliphatic rings. The smallest absolute Gasteiger partial charge is 0.273 e. The Morgan fingerprint density at radius 1 is 1.05 bits per heavy atom. The molecule has 0 atom stereocenters. The van der Waals surface area contributed by atoms with Gasteiger partial charge in [0.2, 0.25) is 5.91 Å². The number of amides is 2. The summed E-state index contributed by atoms with van der Waals surface area (Å²) in [5.41, 5.74) is 8.57. The van der Waals surface area contributed by atoms with Crippen LogP contribution >= 0.6 is 0 Å². The summed E-state index contributed by atoms with van der Waals surface area (Å²) < 4.78 is 17.0. The number of hydrazine groups is 1. The Kier molecular flexibility index (Phi) is 6.62. The Bertz CT molecular complexity index is 1520. The van der Waals surface area contributed by atoms with Crippen LogP contribution in [0.4, 0.5) is 16.0 Å². The van der Waals surface area contributed by atoms with E-state index in [1.165, 1.54) is 25.4 Å². The molecule has 196 valence electrons. The van der Waals surface area contributed by atoms with E-state index in [-0.39, 0.29) is 11.7 Å². The third-order valence-electron chi connectivity index (χ3n) is 6.42. The number of nitrogens with zero attached hydrogens (tertiary/aromatic N) is 6. The Labute approximate surface area is 218 Å². The zero-order valence-corrected chi connectivity index (χ0v) is 21.5. The molecule has 3 aromatic heterocycles. The van der Waals surface area contributed by atoms with Crippen LogP contribution < -0.4 is 16.2 Å². The third kappa shape index (κ3) is 5.10. The minimum Gasteiger partial charge on any atom is -0.325 e. The molecule has 0 unspecified atom stereocenters. The van der Waals surface area contributed by atoms with E-state index in [1.807, 2.05) is 11.6 Å². The van der Waals surface area contributed by atoms with Crippen molar-refractivity contribution >= 4 is 23.5 Å². The number of aromatic nitrogens is 6. The molecule has 0 aliphatic heterocycles. The number of benzene rings is 1. The van der Waals surface area contributed by atoms with E-state index in [1.54, 1.807) is 36.7 Å². The molecule has 1 aliphatic carbocycles. The van der Waals surface area contributed by atoms with Gasteiger partial charge in [-0.15, -0.1) is 0 Å². The quantitative estimate of drug-likeness (QED) is 0.320. The number of aryl methyl sites for hydroxylation is 1. The molecule has 0 radical (unpaired) electrons. The van der Waals surface area contributed by atoms with Crippen molar-refractivity contribution in [2.45, 2.75) is 47.1 Å². The van der Waals surface area contributed by atoms with Crippen LogP contribution in [0.15, 0.2) is 36.7 Å². The highest BCUT2D eigenvalue weighted by Crippen LogP contribution is 2.35. The Balaban J connectivity index is 1.46. The number of rotatable bonds is 7. The van der Waals surface area contributed by atoms with Gasteiger partial charge in [-0.05, 0) is 63.8 Å². The fraction of sp³-hybridized carbons (Fsp3) is 0.308. The van der Waals surface area contributed by atoms with E-state index in [4.69, 9.17) is 5.10 Å². The average Bonchev–Trinajstić information content (AvgIpc) is 3.59. The molecular formula is C26H28FN9O2. The van der Waals surface area contributed by atoms with Crippen molar-refractivity contribution in [1.82, 2.24) is 40.4 Å². The number of halogens is 1. The third-order valence-corrected chi connectivity index (χ3v) is 6.42. The van der Waals surface area contributed by atoms with Crippen LogP contribution in [0.5, 0.6) is 0 Å². The molecule has 1 saturated carbocycles. The number of nitrogens with one attached hydrogen (secondary N) is 3. The lowest BCUT2D eigenvalue weighted by Crippen LogP contribution is -2.40. The molecule has 38 heavy (non-hydrogen) atoms. The molecular weight excluding hydrogens is 489 g/mol. The molecule has 3 heterocycles. The lowest BCUT2D eigenvalue weighted by atomic mass is 10.1. The normalized spacial score (nSPS) is 12.9. The fourth-order valence-corrected chi connectivity index (χ4v) is 4.32. The maximum absolute atomic E-state index is 13.5. The topological polar surface area (TPSA) is 132 Å². The molecule has 0 saturated heterocycles. The second kappa shape index (κ2) is 10.0. The van der Waals surface area contributed by atoms with Crippen molar-refractivity contribution in [3.8, 4) is 17.1 Å². The summed E-state index contributed by atoms with van der Waals surface area (Å²) in [5, 5.41) is 12.7. The summed E-state index contributed by atoms with van der Waals surface area (Å²) in [6, 6.07) is 8.04. The SMILES string of the molecule is CC(=O)NNC(=O)c1c(C)nn(-c2cc(Nc3c(C)c(-c4ccc(F)cc4)nn3CC3CC3)ncn2)c1C. The standard InChI is InChI=1S/C26H28FN9O2/c1-14-24(19-7-9-20(27)10-8-19)34-35(12-18-5-6-18)25(14)30-21-11-22(29-13-28-21)36-16(3)23(15(2)33-36)26(38)32-31-17(4)37/h7-11,13,18H,5-6,12H2,1-4H3,(H,31,37)(H,32,38)(H,28,29,30). The highest BCUT2D eigenvalue weighted by Gasteiger charge is 2.26. The van der Waals surface area contributed by atoms with Crippen LogP contribution in [0.1, 0.15) is 47.1 Å². The first kappa shape index (κ1) is 25.1. The molecule has 0 spiro atoms. The van der Waals surface area contributed by atoms with E-state index >= 15 is 0 Å². The predicted octanol–water partition coefficient (Wildman–Crippen LogP) is 3.52. The first-order valence-corrected chi connectivity index (χ1v) is 12.3. The van der Waals surface area contributed by atoms with Gasteiger partial charge in [-0.3, -0.25) is 20.4 Å². The molecule has 1 fully saturated rings. The zero-order chi connectivity index (χ0) is 27.0. The van der Waals surface area contributed by atoms with Gasteiger partial charge in [-0.2, -0.15) is 10.2 Å². The first-order chi connectivity index (χ1) is 18.2. The van der Waals surface area contributed by atoms with Crippen LogP contribution in [-0.4, -0.2) is 41.3 Å². The van der Waals surface area contributed by atoms with Crippen molar-refractivity contribution < 1.29 is 14.0 Å². The van der Waals surface area contributed by atoms with Gasteiger partial charge < -0.3 is 5.32 Å². The summed E-state index contributed by atoms with van der Waals surface area (Å²) in [5.74, 6) is 1.21. The molecule has 3 N–H and O–H groups in total. The van der Waals surface area contributed by atoms with Gasteiger partial charge in [-0.25, -0.2) is 23.7 Å². The van der Waals surface area contributed by atoms with E-state index in [0.717, 1.165) is 42.0 Å². The van der Waals surface area contributed by atoms with E-state index in [2.05, 4.69) is 31.2 Å². The minimum absolute atomic E-state index is 0.296. The van der Waals surface area contributed by atoms with Crippen molar-refractivity contribution in [1.29, 1.82) is 0 Å². The second-order valence-electron chi connectivity index (χ2n) is 9.43. The highest BCUT2D eigenvalue weighted by molar-refractivity contribution is 5.97. The second-order valence-corrected chi connectivity index (χ2v) is 9.43. The molecule has 1 aromatic carbocycles. The van der Waals surface area contributed by atoms with Crippen LogP contribution in [-0.2, 0) is 11.3 Å². The van der Waals surface area contributed by atoms with Crippen molar-refractivity contribution in [2.24, 2.45) is 5.92 Å². The van der Waals surface area contributed by atoms with Crippen LogP contribution in [0.3, 0.4) is 0 Å². The van der Waals surface area contributed by atoms with E-state index < -0.39 is 5.91 Å². The average molecular weight is 518 g/mol. The summed E-state index contributed by atoms with van der Waals surface area (Å²) in [7, 11) is 0. The minimum atomic E-state index is -0.471. The summed E-state index contributed by atoms with van der Waals surface area (Å²) in [6.45, 7) is 7.51. The number of hydrogen-bond donors (Lipinski definition) is 3. The van der Waals surface area contributed by atoms with Crippen molar-refractivity contribution in [3.05, 3.63) is 65.0 Å². The fourth-order valence-electron chi connectivity index (χ4n) is 4.32. The Hall–Kier alpha value is -4.61. The lowest BCUT2D eigenvalue weighted by Gasteiger charge is -2.11. The van der Waals surface area contributed by atoms with Gasteiger partial charge in [0.15, 0.2) is 5.82 Å². The van der Waals surface area contributed by atoms with Gasteiger partial charge >= 0.3 is 0 Å². The van der Waals surface area contributed by atoms with Gasteiger partial charge in [0.05, 0.1) is 22.6 Å². The lowest BCUT2D eigenvalue weighted by molar-refractivity contribution is -0.119. The summed E-state index contributed by atoms with van der Waals surface area (Å²) in [4.78, 5) is 32.5. The Morgan fingerprint density at radius 3 is 2.47 bits per heavy atom. The molecule has 2 amide bonds. The number of carbonyl (C=O) groups is 2. The largest absolute Gasteiger partial charge is 0.325 e.